The predicted octanol–water partition coefficient (Wildman–Crippen LogP) is 6.15. The Morgan fingerprint density at radius 2 is 1.91 bits per heavy atom. The van der Waals surface area contributed by atoms with E-state index >= 15 is 0 Å². The number of amides is 1. The number of fused-ring (bicyclic) bond motifs is 2. The lowest BCUT2D eigenvalue weighted by Gasteiger charge is -2.26. The molecule has 2 unspecified atom stereocenters. The number of benzene rings is 4. The van der Waals surface area contributed by atoms with Crippen LogP contribution in [0.1, 0.15) is 57.6 Å². The minimum atomic E-state index is -1.25. The van der Waals surface area contributed by atoms with Crippen molar-refractivity contribution in [3.05, 3.63) is 118 Å². The van der Waals surface area contributed by atoms with Gasteiger partial charge in [0, 0.05) is 16.1 Å². The maximum absolute atomic E-state index is 13.2. The zero-order chi connectivity index (χ0) is 29.9. The second-order valence-corrected chi connectivity index (χ2v) is 10.8. The molecule has 0 radical (unpaired) electrons. The number of carboxylic acids is 1. The van der Waals surface area contributed by atoms with E-state index in [0.717, 1.165) is 24.8 Å². The molecule has 0 bridgehead atoms. The number of aromatic nitrogens is 3. The topological polar surface area (TPSA) is 116 Å². The molecule has 9 nitrogen and oxygen atoms in total. The summed E-state index contributed by atoms with van der Waals surface area (Å²) in [6, 6.07) is 25.2. The summed E-state index contributed by atoms with van der Waals surface area (Å²) in [5.41, 5.74) is 5.37. The van der Waals surface area contributed by atoms with E-state index in [9.17, 15) is 14.7 Å². The lowest BCUT2D eigenvalue weighted by Crippen LogP contribution is -2.30. The number of nitrogens with one attached hydrogen (secondary N) is 1. The van der Waals surface area contributed by atoms with E-state index < -0.39 is 12.1 Å². The fraction of sp³-hybridized carbons (Fsp3) is 0.212. The number of ether oxygens (including phenoxy) is 2. The molecule has 10 heteroatoms. The SMILES string of the molecule is COc1cccc(C(Oc2ccc(Cl)c(Cn3nnc4cc(C(=O)NC5CCCc6ccccc65)ccc43)c2)C(=O)O)c1. The van der Waals surface area contributed by atoms with Crippen molar-refractivity contribution in [2.75, 3.05) is 7.11 Å². The average Bonchev–Trinajstić information content (AvgIpc) is 3.43. The number of rotatable bonds is 9. The van der Waals surface area contributed by atoms with Crippen molar-refractivity contribution in [1.29, 1.82) is 0 Å². The zero-order valence-corrected chi connectivity index (χ0v) is 24.1. The molecule has 0 aliphatic heterocycles. The van der Waals surface area contributed by atoms with Crippen molar-refractivity contribution in [2.24, 2.45) is 0 Å². The van der Waals surface area contributed by atoms with Gasteiger partial charge in [-0.2, -0.15) is 0 Å². The molecular formula is C33H29ClN4O5. The Bertz CT molecular complexity index is 1820. The molecule has 1 heterocycles. The minimum Gasteiger partial charge on any atom is -0.497 e. The molecule has 1 aliphatic rings. The molecule has 5 aromatic rings. The first-order valence-electron chi connectivity index (χ1n) is 13.9. The first-order chi connectivity index (χ1) is 20.9. The summed E-state index contributed by atoms with van der Waals surface area (Å²) in [6.07, 6.45) is 1.71. The van der Waals surface area contributed by atoms with Crippen LogP contribution >= 0.6 is 11.6 Å². The van der Waals surface area contributed by atoms with Crippen LogP contribution in [0.15, 0.2) is 84.9 Å². The Kier molecular flexibility index (Phi) is 7.98. The molecule has 218 valence electrons. The Morgan fingerprint density at radius 1 is 1.05 bits per heavy atom. The number of nitrogens with zero attached hydrogens (tertiary/aromatic N) is 3. The van der Waals surface area contributed by atoms with Gasteiger partial charge in [0.15, 0.2) is 0 Å². The van der Waals surface area contributed by atoms with Crippen molar-refractivity contribution >= 4 is 34.5 Å². The van der Waals surface area contributed by atoms with Crippen LogP contribution in [-0.2, 0) is 17.8 Å². The molecule has 6 rings (SSSR count). The molecule has 1 aromatic heterocycles. The molecule has 1 amide bonds. The fourth-order valence-electron chi connectivity index (χ4n) is 5.48. The van der Waals surface area contributed by atoms with Gasteiger partial charge in [-0.05, 0) is 84.5 Å². The van der Waals surface area contributed by atoms with E-state index in [2.05, 4.69) is 27.8 Å². The van der Waals surface area contributed by atoms with Crippen LogP contribution in [0.5, 0.6) is 11.5 Å². The van der Waals surface area contributed by atoms with Gasteiger partial charge < -0.3 is 19.9 Å². The highest BCUT2D eigenvalue weighted by Crippen LogP contribution is 2.31. The first-order valence-corrected chi connectivity index (χ1v) is 14.3. The van der Waals surface area contributed by atoms with Gasteiger partial charge in [0.25, 0.3) is 5.91 Å². The summed E-state index contributed by atoms with van der Waals surface area (Å²) >= 11 is 6.51. The molecule has 1 aliphatic carbocycles. The van der Waals surface area contributed by atoms with E-state index in [0.29, 0.717) is 38.7 Å². The number of carbonyl (C=O) groups excluding carboxylic acids is 1. The summed E-state index contributed by atoms with van der Waals surface area (Å²) in [5.74, 6) is -0.431. The Hall–Kier alpha value is -4.89. The summed E-state index contributed by atoms with van der Waals surface area (Å²) in [4.78, 5) is 25.2. The highest BCUT2D eigenvalue weighted by molar-refractivity contribution is 6.31. The van der Waals surface area contributed by atoms with Crippen LogP contribution in [-0.4, -0.2) is 39.1 Å². The van der Waals surface area contributed by atoms with Gasteiger partial charge in [-0.3, -0.25) is 4.79 Å². The van der Waals surface area contributed by atoms with E-state index in [-0.39, 0.29) is 18.5 Å². The molecule has 43 heavy (non-hydrogen) atoms. The Morgan fingerprint density at radius 3 is 2.74 bits per heavy atom. The number of aryl methyl sites for hydroxylation is 1. The lowest BCUT2D eigenvalue weighted by atomic mass is 9.87. The van der Waals surface area contributed by atoms with E-state index in [1.807, 2.05) is 18.2 Å². The van der Waals surface area contributed by atoms with Crippen LogP contribution < -0.4 is 14.8 Å². The monoisotopic (exact) mass is 596 g/mol. The number of methoxy groups -OCH3 is 1. The highest BCUT2D eigenvalue weighted by Gasteiger charge is 2.24. The van der Waals surface area contributed by atoms with Crippen molar-refractivity contribution in [3.63, 3.8) is 0 Å². The van der Waals surface area contributed by atoms with Crippen molar-refractivity contribution in [1.82, 2.24) is 20.3 Å². The highest BCUT2D eigenvalue weighted by atomic mass is 35.5. The summed E-state index contributed by atoms with van der Waals surface area (Å²) in [6.45, 7) is 0.258. The van der Waals surface area contributed by atoms with E-state index in [1.165, 1.54) is 18.2 Å². The summed E-state index contributed by atoms with van der Waals surface area (Å²) < 4.78 is 12.8. The first kappa shape index (κ1) is 28.2. The molecule has 0 fully saturated rings. The number of aliphatic carboxylic acids is 1. The van der Waals surface area contributed by atoms with Gasteiger partial charge in [0.05, 0.1) is 25.2 Å². The number of carboxylic acid groups (broad SMARTS) is 1. The minimum absolute atomic E-state index is 0.0230. The predicted molar refractivity (Wildman–Crippen MR) is 162 cm³/mol. The molecule has 0 spiro atoms. The molecule has 0 saturated heterocycles. The van der Waals surface area contributed by atoms with Gasteiger partial charge in [0.2, 0.25) is 6.10 Å². The maximum atomic E-state index is 13.2. The number of carbonyl (C=O) groups is 2. The smallest absolute Gasteiger partial charge is 0.349 e. The molecule has 0 saturated carbocycles. The standard InChI is InChI=1S/C33H29ClN4O5/c1-42-24-9-4-8-21(16-24)31(33(40)41)43-25-13-14-27(34)23(17-25)19-38-30-15-12-22(18-29(30)36-37-38)32(39)35-28-11-5-7-20-6-2-3-10-26(20)28/h2-4,6,8-10,12-18,28,31H,5,7,11,19H2,1H3,(H,35,39)(H,40,41). The largest absolute Gasteiger partial charge is 0.497 e. The zero-order valence-electron chi connectivity index (χ0n) is 23.4. The molecule has 2 N–H and O–H groups in total. The van der Waals surface area contributed by atoms with Crippen molar-refractivity contribution in [3.8, 4) is 11.5 Å². The van der Waals surface area contributed by atoms with Gasteiger partial charge in [-0.1, -0.05) is 53.2 Å². The normalized spacial score (nSPS) is 15.0. The van der Waals surface area contributed by atoms with E-state index in [4.69, 9.17) is 21.1 Å². The van der Waals surface area contributed by atoms with Crippen molar-refractivity contribution < 1.29 is 24.2 Å². The van der Waals surface area contributed by atoms with Gasteiger partial charge in [-0.25, -0.2) is 9.48 Å². The third-order valence-corrected chi connectivity index (χ3v) is 8.03. The second-order valence-electron chi connectivity index (χ2n) is 10.4. The maximum Gasteiger partial charge on any atom is 0.349 e. The molecule has 2 atom stereocenters. The molecular weight excluding hydrogens is 568 g/mol. The quantitative estimate of drug-likeness (QED) is 0.209. The lowest BCUT2D eigenvalue weighted by molar-refractivity contribution is -0.145. The van der Waals surface area contributed by atoms with Gasteiger partial charge >= 0.3 is 5.97 Å². The van der Waals surface area contributed by atoms with E-state index in [1.54, 1.807) is 59.3 Å². The molecule has 4 aromatic carbocycles. The summed E-state index contributed by atoms with van der Waals surface area (Å²) in [7, 11) is 1.52. The fourth-order valence-corrected chi connectivity index (χ4v) is 5.66. The Balaban J connectivity index is 1.19. The summed E-state index contributed by atoms with van der Waals surface area (Å²) in [5, 5.41) is 22.1. The third kappa shape index (κ3) is 6.03. The Labute approximate surface area is 253 Å². The van der Waals surface area contributed by atoms with Crippen LogP contribution in [0, 0.1) is 0 Å². The van der Waals surface area contributed by atoms with Crippen molar-refractivity contribution in [2.45, 2.75) is 38.0 Å². The van der Waals surface area contributed by atoms with Gasteiger partial charge in [-0.15, -0.1) is 5.10 Å². The second kappa shape index (κ2) is 12.1. The average molecular weight is 597 g/mol. The third-order valence-electron chi connectivity index (χ3n) is 7.66. The number of hydrogen-bond donors (Lipinski definition) is 2. The van der Waals surface area contributed by atoms with Crippen LogP contribution in [0.2, 0.25) is 5.02 Å². The number of hydrogen-bond acceptors (Lipinski definition) is 6. The van der Waals surface area contributed by atoms with Crippen LogP contribution in [0.4, 0.5) is 0 Å². The van der Waals surface area contributed by atoms with Gasteiger partial charge in [0.1, 0.15) is 17.0 Å². The van der Waals surface area contributed by atoms with Crippen LogP contribution in [0.25, 0.3) is 11.0 Å². The number of halogens is 1. The van der Waals surface area contributed by atoms with Crippen LogP contribution in [0.3, 0.4) is 0 Å².